The Morgan fingerprint density at radius 3 is 2.67 bits per heavy atom. The predicted octanol–water partition coefficient (Wildman–Crippen LogP) is 4.05. The maximum Gasteiger partial charge on any atom is 0.311 e. The fraction of sp³-hybridized carbons (Fsp3) is 0.167. The topological polar surface area (TPSA) is 64.1 Å². The third-order valence-electron chi connectivity index (χ3n) is 3.25. The van der Waals surface area contributed by atoms with Crippen LogP contribution >= 0.6 is 11.3 Å². The Hall–Kier alpha value is -2.73. The lowest BCUT2D eigenvalue weighted by molar-refractivity contribution is -0.142. The number of aromatic nitrogens is 2. The van der Waals surface area contributed by atoms with Gasteiger partial charge < -0.3 is 10.1 Å². The summed E-state index contributed by atoms with van der Waals surface area (Å²) in [5.74, 6) is 0.469. The fourth-order valence-electron chi connectivity index (χ4n) is 2.24. The van der Waals surface area contributed by atoms with E-state index >= 15 is 0 Å². The quantitative estimate of drug-likeness (QED) is 0.686. The molecule has 0 fully saturated rings. The summed E-state index contributed by atoms with van der Waals surface area (Å²) >= 11 is 1.44. The largest absolute Gasteiger partial charge is 0.466 e. The van der Waals surface area contributed by atoms with Crippen molar-refractivity contribution in [3.05, 3.63) is 59.6 Å². The molecule has 6 heteroatoms. The molecular formula is C18H17N3O2S. The van der Waals surface area contributed by atoms with Gasteiger partial charge in [-0.3, -0.25) is 4.79 Å². The number of ether oxygens (including phenoxy) is 1. The van der Waals surface area contributed by atoms with Gasteiger partial charge in [0.25, 0.3) is 0 Å². The van der Waals surface area contributed by atoms with Gasteiger partial charge in [0.05, 0.1) is 18.7 Å². The van der Waals surface area contributed by atoms with Crippen molar-refractivity contribution in [1.29, 1.82) is 0 Å². The second kappa shape index (κ2) is 7.70. The van der Waals surface area contributed by atoms with Crippen LogP contribution in [0.5, 0.6) is 0 Å². The molecule has 1 N–H and O–H groups in total. The molecule has 0 aliphatic rings. The lowest BCUT2D eigenvalue weighted by Gasteiger charge is -2.02. The van der Waals surface area contributed by atoms with Gasteiger partial charge >= 0.3 is 5.97 Å². The Labute approximate surface area is 144 Å². The van der Waals surface area contributed by atoms with Crippen LogP contribution in [0.25, 0.3) is 11.3 Å². The van der Waals surface area contributed by atoms with Crippen LogP contribution in [0.2, 0.25) is 0 Å². The first-order chi connectivity index (χ1) is 11.8. The molecule has 2 aromatic heterocycles. The Kier molecular flexibility index (Phi) is 5.18. The van der Waals surface area contributed by atoms with Crippen molar-refractivity contribution in [2.75, 3.05) is 11.9 Å². The number of nitrogens with zero attached hydrogens (tertiary/aromatic N) is 2. The summed E-state index contributed by atoms with van der Waals surface area (Å²) in [6.45, 7) is 2.17. The minimum atomic E-state index is -0.247. The molecule has 0 radical (unpaired) electrons. The second-order valence-corrected chi connectivity index (χ2v) is 6.06. The minimum Gasteiger partial charge on any atom is -0.466 e. The van der Waals surface area contributed by atoms with Crippen LogP contribution in [-0.2, 0) is 16.0 Å². The number of rotatable bonds is 6. The van der Waals surface area contributed by atoms with Crippen LogP contribution in [0.15, 0.2) is 54.7 Å². The molecule has 1 aromatic carbocycles. The highest BCUT2D eigenvalue weighted by atomic mass is 32.1. The van der Waals surface area contributed by atoms with E-state index in [2.05, 4.69) is 15.3 Å². The molecule has 0 saturated heterocycles. The zero-order valence-corrected chi connectivity index (χ0v) is 14.0. The number of hydrogen-bond acceptors (Lipinski definition) is 6. The molecule has 0 aliphatic heterocycles. The van der Waals surface area contributed by atoms with Crippen molar-refractivity contribution < 1.29 is 9.53 Å². The molecule has 0 amide bonds. The van der Waals surface area contributed by atoms with Crippen LogP contribution < -0.4 is 5.32 Å². The fourth-order valence-corrected chi connectivity index (χ4v) is 3.21. The monoisotopic (exact) mass is 339 g/mol. The first-order valence-corrected chi connectivity index (χ1v) is 8.46. The van der Waals surface area contributed by atoms with E-state index in [1.807, 2.05) is 48.5 Å². The van der Waals surface area contributed by atoms with Gasteiger partial charge in [0.15, 0.2) is 5.13 Å². The average Bonchev–Trinajstić information content (AvgIpc) is 2.99. The summed E-state index contributed by atoms with van der Waals surface area (Å²) in [4.78, 5) is 21.6. The van der Waals surface area contributed by atoms with Crippen LogP contribution in [0.4, 0.5) is 10.9 Å². The van der Waals surface area contributed by atoms with Crippen molar-refractivity contribution in [3.8, 4) is 11.3 Å². The summed E-state index contributed by atoms with van der Waals surface area (Å²) < 4.78 is 5.07. The van der Waals surface area contributed by atoms with Gasteiger partial charge in [0, 0.05) is 16.6 Å². The van der Waals surface area contributed by atoms with Gasteiger partial charge in [-0.2, -0.15) is 0 Å². The first-order valence-electron chi connectivity index (χ1n) is 7.65. The lowest BCUT2D eigenvalue weighted by atomic mass is 10.1. The number of nitrogens with one attached hydrogen (secondary N) is 1. The van der Waals surface area contributed by atoms with E-state index in [1.165, 1.54) is 11.3 Å². The van der Waals surface area contributed by atoms with E-state index in [0.29, 0.717) is 17.6 Å². The minimum absolute atomic E-state index is 0.208. The van der Waals surface area contributed by atoms with Gasteiger partial charge in [0.1, 0.15) is 5.82 Å². The molecule has 0 unspecified atom stereocenters. The summed E-state index contributed by atoms with van der Waals surface area (Å²) in [5.41, 5.74) is 1.77. The first kappa shape index (κ1) is 16.1. The SMILES string of the molecule is CCOC(=O)Cc1sc(Nc2ccccn2)nc1-c1ccccc1. The Morgan fingerprint density at radius 2 is 1.96 bits per heavy atom. The maximum atomic E-state index is 11.9. The third kappa shape index (κ3) is 3.97. The van der Waals surface area contributed by atoms with Crippen molar-refractivity contribution in [2.45, 2.75) is 13.3 Å². The molecule has 122 valence electrons. The highest BCUT2D eigenvalue weighted by Crippen LogP contribution is 2.32. The molecule has 0 bridgehead atoms. The molecule has 0 aliphatic carbocycles. The Balaban J connectivity index is 1.91. The predicted molar refractivity (Wildman–Crippen MR) is 95.4 cm³/mol. The molecule has 2 heterocycles. The Bertz CT molecular complexity index is 804. The molecule has 3 rings (SSSR count). The van der Waals surface area contributed by atoms with Crippen LogP contribution in [0, 0.1) is 0 Å². The van der Waals surface area contributed by atoms with E-state index < -0.39 is 0 Å². The molecule has 0 spiro atoms. The van der Waals surface area contributed by atoms with Crippen molar-refractivity contribution in [1.82, 2.24) is 9.97 Å². The molecule has 3 aromatic rings. The molecular weight excluding hydrogens is 322 g/mol. The summed E-state index contributed by atoms with van der Waals surface area (Å²) in [6.07, 6.45) is 1.92. The zero-order valence-electron chi connectivity index (χ0n) is 13.2. The maximum absolute atomic E-state index is 11.9. The highest BCUT2D eigenvalue weighted by Gasteiger charge is 2.17. The van der Waals surface area contributed by atoms with Gasteiger partial charge in [-0.05, 0) is 19.1 Å². The van der Waals surface area contributed by atoms with E-state index in [-0.39, 0.29) is 12.4 Å². The summed E-state index contributed by atoms with van der Waals surface area (Å²) in [6, 6.07) is 15.4. The van der Waals surface area contributed by atoms with Gasteiger partial charge in [-0.15, -0.1) is 11.3 Å². The van der Waals surface area contributed by atoms with Gasteiger partial charge in [0.2, 0.25) is 0 Å². The van der Waals surface area contributed by atoms with Crippen LogP contribution in [0.1, 0.15) is 11.8 Å². The molecule has 24 heavy (non-hydrogen) atoms. The summed E-state index contributed by atoms with van der Waals surface area (Å²) in [5, 5.41) is 3.88. The number of carbonyl (C=O) groups excluding carboxylic acids is 1. The number of carbonyl (C=O) groups is 1. The number of thiazole rings is 1. The number of esters is 1. The van der Waals surface area contributed by atoms with E-state index in [4.69, 9.17) is 4.74 Å². The number of benzene rings is 1. The van der Waals surface area contributed by atoms with E-state index in [1.54, 1.807) is 13.1 Å². The number of pyridine rings is 1. The standard InChI is InChI=1S/C18H17N3O2S/c1-2-23-16(22)12-14-17(13-8-4-3-5-9-13)21-18(24-14)20-15-10-6-7-11-19-15/h3-11H,2,12H2,1H3,(H,19,20,21). The smallest absolute Gasteiger partial charge is 0.311 e. The Morgan fingerprint density at radius 1 is 1.17 bits per heavy atom. The normalized spacial score (nSPS) is 10.4. The molecule has 0 atom stereocenters. The highest BCUT2D eigenvalue weighted by molar-refractivity contribution is 7.16. The second-order valence-electron chi connectivity index (χ2n) is 4.98. The number of hydrogen-bond donors (Lipinski definition) is 1. The third-order valence-corrected chi connectivity index (χ3v) is 4.23. The number of anilines is 2. The molecule has 5 nitrogen and oxygen atoms in total. The zero-order chi connectivity index (χ0) is 16.8. The van der Waals surface area contributed by atoms with Crippen molar-refractivity contribution >= 4 is 28.3 Å². The van der Waals surface area contributed by atoms with Crippen molar-refractivity contribution in [2.24, 2.45) is 0 Å². The van der Waals surface area contributed by atoms with Crippen molar-refractivity contribution in [3.63, 3.8) is 0 Å². The van der Waals surface area contributed by atoms with E-state index in [0.717, 1.165) is 16.1 Å². The lowest BCUT2D eigenvalue weighted by Crippen LogP contribution is -2.07. The van der Waals surface area contributed by atoms with Gasteiger partial charge in [-0.25, -0.2) is 9.97 Å². The van der Waals surface area contributed by atoms with Crippen LogP contribution in [-0.4, -0.2) is 22.5 Å². The average molecular weight is 339 g/mol. The summed E-state index contributed by atoms with van der Waals surface area (Å²) in [7, 11) is 0. The molecule has 0 saturated carbocycles. The van der Waals surface area contributed by atoms with Crippen LogP contribution in [0.3, 0.4) is 0 Å². The van der Waals surface area contributed by atoms with Gasteiger partial charge in [-0.1, -0.05) is 36.4 Å². The van der Waals surface area contributed by atoms with E-state index in [9.17, 15) is 4.79 Å².